The molecular formula is C21H24N5O4+. The van der Waals surface area contributed by atoms with Crippen molar-refractivity contribution in [3.63, 3.8) is 0 Å². The number of rotatable bonds is 6. The molecule has 0 unspecified atom stereocenters. The summed E-state index contributed by atoms with van der Waals surface area (Å²) < 4.78 is 11.4. The smallest absolute Gasteiger partial charge is 0.274 e. The van der Waals surface area contributed by atoms with Gasteiger partial charge in [0, 0.05) is 17.7 Å². The number of nitro groups is 1. The zero-order valence-corrected chi connectivity index (χ0v) is 16.9. The maximum absolute atomic E-state index is 10.8. The van der Waals surface area contributed by atoms with Gasteiger partial charge in [-0.05, 0) is 31.2 Å². The summed E-state index contributed by atoms with van der Waals surface area (Å²) in [6, 6.07) is 14.2. The van der Waals surface area contributed by atoms with Gasteiger partial charge < -0.3 is 19.0 Å². The number of non-ortho nitro benzene ring substituents is 1. The zero-order valence-electron chi connectivity index (χ0n) is 16.9. The van der Waals surface area contributed by atoms with Crippen LogP contribution < -0.4 is 14.5 Å². The first-order valence-corrected chi connectivity index (χ1v) is 9.87. The number of piperazine rings is 1. The zero-order chi connectivity index (χ0) is 21.1. The molecule has 1 atom stereocenters. The summed E-state index contributed by atoms with van der Waals surface area (Å²) in [5, 5.41) is 19.2. The quantitative estimate of drug-likeness (QED) is 0.491. The predicted molar refractivity (Wildman–Crippen MR) is 111 cm³/mol. The highest BCUT2D eigenvalue weighted by Gasteiger charge is 2.30. The third-order valence-corrected chi connectivity index (χ3v) is 5.58. The number of anilines is 1. The molecule has 1 aliphatic rings. The number of benzene rings is 2. The van der Waals surface area contributed by atoms with E-state index >= 15 is 0 Å². The van der Waals surface area contributed by atoms with E-state index in [4.69, 9.17) is 9.15 Å². The Bertz CT molecular complexity index is 1010. The number of methoxy groups -OCH3 is 1. The highest BCUT2D eigenvalue weighted by atomic mass is 16.6. The molecule has 1 aromatic heterocycles. The summed E-state index contributed by atoms with van der Waals surface area (Å²) in [6.07, 6.45) is 0. The van der Waals surface area contributed by atoms with Crippen molar-refractivity contribution >= 4 is 11.4 Å². The SMILES string of the molecule is COc1ccccc1N1CC[NH+]([C@@H](C)c2nnc(-c3ccc([N+](=O)[O-])cc3)o2)CC1. The number of nitrogens with zero attached hydrogens (tertiary/aromatic N) is 4. The molecule has 0 amide bonds. The summed E-state index contributed by atoms with van der Waals surface area (Å²) in [4.78, 5) is 14.1. The van der Waals surface area contributed by atoms with Gasteiger partial charge >= 0.3 is 0 Å². The summed E-state index contributed by atoms with van der Waals surface area (Å²) in [5.41, 5.74) is 1.82. The second-order valence-corrected chi connectivity index (χ2v) is 7.29. The van der Waals surface area contributed by atoms with Gasteiger partial charge in [-0.25, -0.2) is 0 Å². The number of hydrogen-bond donors (Lipinski definition) is 1. The molecule has 0 radical (unpaired) electrons. The molecule has 2 heterocycles. The van der Waals surface area contributed by atoms with Crippen molar-refractivity contribution in [2.45, 2.75) is 13.0 Å². The molecule has 1 saturated heterocycles. The Hall–Kier alpha value is -3.46. The van der Waals surface area contributed by atoms with Crippen molar-refractivity contribution in [1.29, 1.82) is 0 Å². The summed E-state index contributed by atoms with van der Waals surface area (Å²) >= 11 is 0. The number of nitro benzene ring substituents is 1. The minimum atomic E-state index is -0.431. The normalized spacial score (nSPS) is 15.7. The third kappa shape index (κ3) is 3.97. The molecule has 30 heavy (non-hydrogen) atoms. The average Bonchev–Trinajstić information content (AvgIpc) is 3.29. The first-order chi connectivity index (χ1) is 14.6. The molecule has 0 saturated carbocycles. The van der Waals surface area contributed by atoms with Crippen LogP contribution in [-0.4, -0.2) is 48.4 Å². The Morgan fingerprint density at radius 3 is 2.50 bits per heavy atom. The van der Waals surface area contributed by atoms with Crippen molar-refractivity contribution in [3.8, 4) is 17.2 Å². The molecule has 2 aromatic carbocycles. The number of hydrogen-bond acceptors (Lipinski definition) is 7. The second kappa shape index (κ2) is 8.50. The first kappa shape index (κ1) is 19.8. The number of nitrogens with one attached hydrogen (secondary N) is 1. The standard InChI is InChI=1S/C21H23N5O4/c1-15(20-22-23-21(30-20)16-7-9-17(10-8-16)26(27)28)24-11-13-25(14-12-24)18-5-3-4-6-19(18)29-2/h3-10,15H,11-14H2,1-2H3/p+1/t15-/m0/s1. The maximum atomic E-state index is 10.8. The fourth-order valence-corrected chi connectivity index (χ4v) is 3.79. The van der Waals surface area contributed by atoms with E-state index < -0.39 is 4.92 Å². The molecule has 156 valence electrons. The highest BCUT2D eigenvalue weighted by Crippen LogP contribution is 2.27. The van der Waals surface area contributed by atoms with Crippen LogP contribution in [0.25, 0.3) is 11.5 Å². The van der Waals surface area contributed by atoms with Crippen LogP contribution in [0.2, 0.25) is 0 Å². The van der Waals surface area contributed by atoms with Gasteiger partial charge in [-0.2, -0.15) is 0 Å². The van der Waals surface area contributed by atoms with E-state index in [2.05, 4.69) is 28.1 Å². The molecule has 1 N–H and O–H groups in total. The molecular weight excluding hydrogens is 386 g/mol. The Kier molecular flexibility index (Phi) is 5.62. The Morgan fingerprint density at radius 2 is 1.83 bits per heavy atom. The lowest BCUT2D eigenvalue weighted by Crippen LogP contribution is -3.14. The van der Waals surface area contributed by atoms with Gasteiger partial charge in [0.05, 0.1) is 43.9 Å². The lowest BCUT2D eigenvalue weighted by Gasteiger charge is -2.36. The van der Waals surface area contributed by atoms with E-state index in [1.165, 1.54) is 17.0 Å². The fraction of sp³-hybridized carbons (Fsp3) is 0.333. The molecule has 0 aliphatic carbocycles. The van der Waals surface area contributed by atoms with Crippen molar-refractivity contribution in [2.75, 3.05) is 38.2 Å². The van der Waals surface area contributed by atoms with Crippen molar-refractivity contribution in [2.24, 2.45) is 0 Å². The number of ether oxygens (including phenoxy) is 1. The number of aromatic nitrogens is 2. The van der Waals surface area contributed by atoms with Gasteiger partial charge in [0.2, 0.25) is 5.89 Å². The molecule has 9 heteroatoms. The molecule has 0 bridgehead atoms. The van der Waals surface area contributed by atoms with Crippen LogP contribution in [0.1, 0.15) is 18.9 Å². The van der Waals surface area contributed by atoms with E-state index in [1.54, 1.807) is 19.2 Å². The third-order valence-electron chi connectivity index (χ3n) is 5.58. The number of quaternary nitrogens is 1. The number of para-hydroxylation sites is 2. The van der Waals surface area contributed by atoms with Gasteiger partial charge in [0.15, 0.2) is 6.04 Å². The van der Waals surface area contributed by atoms with Crippen LogP contribution in [-0.2, 0) is 0 Å². The topological polar surface area (TPSA) is 99.0 Å². The van der Waals surface area contributed by atoms with E-state index in [0.717, 1.165) is 37.6 Å². The van der Waals surface area contributed by atoms with Crippen molar-refractivity contribution in [1.82, 2.24) is 10.2 Å². The van der Waals surface area contributed by atoms with Gasteiger partial charge in [0.1, 0.15) is 5.75 Å². The maximum Gasteiger partial charge on any atom is 0.274 e. The van der Waals surface area contributed by atoms with E-state index in [1.807, 2.05) is 18.2 Å². The average molecular weight is 410 g/mol. The van der Waals surface area contributed by atoms with E-state index in [0.29, 0.717) is 17.3 Å². The van der Waals surface area contributed by atoms with Gasteiger partial charge in [0.25, 0.3) is 11.6 Å². The van der Waals surface area contributed by atoms with Crippen LogP contribution in [0.4, 0.5) is 11.4 Å². The monoisotopic (exact) mass is 410 g/mol. The molecule has 0 spiro atoms. The molecule has 1 aliphatic heterocycles. The molecule has 4 rings (SSSR count). The fourth-order valence-electron chi connectivity index (χ4n) is 3.79. The summed E-state index contributed by atoms with van der Waals surface area (Å²) in [6.45, 7) is 5.77. The van der Waals surface area contributed by atoms with Crippen molar-refractivity contribution < 1.29 is 19.0 Å². The van der Waals surface area contributed by atoms with Crippen LogP contribution in [0.3, 0.4) is 0 Å². The predicted octanol–water partition coefficient (Wildman–Crippen LogP) is 2.12. The minimum absolute atomic E-state index is 0.0317. The Balaban J connectivity index is 1.41. The van der Waals surface area contributed by atoms with Crippen LogP contribution in [0.5, 0.6) is 5.75 Å². The molecule has 1 fully saturated rings. The summed E-state index contributed by atoms with van der Waals surface area (Å²) in [5.74, 6) is 1.83. The highest BCUT2D eigenvalue weighted by molar-refractivity contribution is 5.58. The molecule has 9 nitrogen and oxygen atoms in total. The first-order valence-electron chi connectivity index (χ1n) is 9.87. The van der Waals surface area contributed by atoms with Crippen LogP contribution >= 0.6 is 0 Å². The van der Waals surface area contributed by atoms with Gasteiger partial charge in [-0.3, -0.25) is 10.1 Å². The van der Waals surface area contributed by atoms with Crippen LogP contribution in [0.15, 0.2) is 52.9 Å². The second-order valence-electron chi connectivity index (χ2n) is 7.29. The lowest BCUT2D eigenvalue weighted by molar-refractivity contribution is -0.931. The Morgan fingerprint density at radius 1 is 1.13 bits per heavy atom. The van der Waals surface area contributed by atoms with E-state index in [9.17, 15) is 10.1 Å². The van der Waals surface area contributed by atoms with E-state index in [-0.39, 0.29) is 11.7 Å². The van der Waals surface area contributed by atoms with Crippen LogP contribution in [0, 0.1) is 10.1 Å². The lowest BCUT2D eigenvalue weighted by atomic mass is 10.2. The van der Waals surface area contributed by atoms with Gasteiger partial charge in [-0.1, -0.05) is 12.1 Å². The Labute approximate surface area is 174 Å². The summed E-state index contributed by atoms with van der Waals surface area (Å²) in [7, 11) is 1.69. The van der Waals surface area contributed by atoms with Crippen molar-refractivity contribution in [3.05, 3.63) is 64.5 Å². The largest absolute Gasteiger partial charge is 0.495 e. The minimum Gasteiger partial charge on any atom is -0.495 e. The van der Waals surface area contributed by atoms with Gasteiger partial charge in [-0.15, -0.1) is 10.2 Å². The molecule has 3 aromatic rings.